The van der Waals surface area contributed by atoms with Crippen molar-refractivity contribution >= 4 is 15.9 Å². The summed E-state index contributed by atoms with van der Waals surface area (Å²) in [4.78, 5) is 3.11. The summed E-state index contributed by atoms with van der Waals surface area (Å²) in [6.07, 6.45) is -2.99. The molecule has 1 heterocycles. The highest BCUT2D eigenvalue weighted by Gasteiger charge is 2.16. The van der Waals surface area contributed by atoms with E-state index in [1.54, 1.807) is 6.07 Å². The molecule has 80 valence electrons. The molecule has 2 nitrogen and oxygen atoms in total. The lowest BCUT2D eigenvalue weighted by atomic mass is 10.1. The highest BCUT2D eigenvalue weighted by atomic mass is 79.9. The van der Waals surface area contributed by atoms with E-state index < -0.39 is 18.1 Å². The van der Waals surface area contributed by atoms with Crippen LogP contribution in [0, 0.1) is 17.3 Å². The van der Waals surface area contributed by atoms with Crippen LogP contribution in [0.2, 0.25) is 0 Å². The molecule has 0 N–H and O–H groups in total. The zero-order valence-corrected chi connectivity index (χ0v) is 9.06. The molecule has 6 heteroatoms. The van der Waals surface area contributed by atoms with Gasteiger partial charge in [0.05, 0.1) is 12.5 Å². The fraction of sp³-hybridized carbons (Fsp3) is 0.333. The van der Waals surface area contributed by atoms with Gasteiger partial charge in [0.2, 0.25) is 5.95 Å². The second-order valence-electron chi connectivity index (χ2n) is 2.74. The third-order valence-corrected chi connectivity index (χ3v) is 2.41. The highest BCUT2D eigenvalue weighted by Crippen LogP contribution is 2.23. The average Bonchev–Trinajstić information content (AvgIpc) is 2.20. The van der Waals surface area contributed by atoms with Crippen molar-refractivity contribution < 1.29 is 13.2 Å². The first-order chi connectivity index (χ1) is 7.10. The Bertz CT molecular complexity index is 401. The molecule has 1 aromatic rings. The molecule has 0 radical (unpaired) electrons. The van der Waals surface area contributed by atoms with E-state index in [1.165, 1.54) is 0 Å². The van der Waals surface area contributed by atoms with Crippen molar-refractivity contribution in [3.8, 4) is 6.07 Å². The molecule has 0 saturated heterocycles. The number of nitriles is 1. The Balaban J connectivity index is 3.25. The highest BCUT2D eigenvalue weighted by molar-refractivity contribution is 9.08. The van der Waals surface area contributed by atoms with Crippen LogP contribution in [-0.2, 0) is 11.8 Å². The molecule has 0 aliphatic carbocycles. The van der Waals surface area contributed by atoms with Crippen molar-refractivity contribution in [3.05, 3.63) is 28.8 Å². The molecule has 0 spiro atoms. The van der Waals surface area contributed by atoms with E-state index in [4.69, 9.17) is 5.26 Å². The maximum atomic E-state index is 13.2. The summed E-state index contributed by atoms with van der Waals surface area (Å²) in [5, 5.41) is 8.65. The molecular formula is C9H6BrF3N2. The van der Waals surface area contributed by atoms with Crippen molar-refractivity contribution in [2.45, 2.75) is 18.2 Å². The number of rotatable bonds is 3. The maximum absolute atomic E-state index is 13.2. The van der Waals surface area contributed by atoms with Gasteiger partial charge in [-0.3, -0.25) is 0 Å². The number of aromatic nitrogens is 1. The lowest BCUT2D eigenvalue weighted by Crippen LogP contribution is -2.03. The van der Waals surface area contributed by atoms with Gasteiger partial charge in [0.15, 0.2) is 0 Å². The van der Waals surface area contributed by atoms with Crippen LogP contribution in [0.3, 0.4) is 0 Å². The van der Waals surface area contributed by atoms with Gasteiger partial charge < -0.3 is 0 Å². The van der Waals surface area contributed by atoms with Crippen LogP contribution in [0.25, 0.3) is 0 Å². The first kappa shape index (κ1) is 12.0. The summed E-state index contributed by atoms with van der Waals surface area (Å²) in [6, 6.07) is 2.87. The van der Waals surface area contributed by atoms with Crippen LogP contribution in [0.15, 0.2) is 6.07 Å². The molecule has 0 fully saturated rings. The Morgan fingerprint density at radius 3 is 2.67 bits per heavy atom. The smallest absolute Gasteiger partial charge is 0.218 e. The first-order valence-electron chi connectivity index (χ1n) is 3.99. The molecule has 1 aromatic heterocycles. The number of pyridine rings is 1. The van der Waals surface area contributed by atoms with Gasteiger partial charge in [0.1, 0.15) is 5.69 Å². The van der Waals surface area contributed by atoms with Crippen molar-refractivity contribution in [1.82, 2.24) is 4.98 Å². The predicted octanol–water partition coefficient (Wildman–Crippen LogP) is 3.12. The third kappa shape index (κ3) is 2.69. The minimum atomic E-state index is -2.81. The monoisotopic (exact) mass is 278 g/mol. The van der Waals surface area contributed by atoms with Gasteiger partial charge in [-0.2, -0.15) is 9.65 Å². The number of hydrogen-bond donors (Lipinski definition) is 0. The Morgan fingerprint density at radius 1 is 1.53 bits per heavy atom. The average molecular weight is 279 g/mol. The van der Waals surface area contributed by atoms with Gasteiger partial charge >= 0.3 is 0 Å². The van der Waals surface area contributed by atoms with Gasteiger partial charge in [-0.1, -0.05) is 15.9 Å². The molecule has 15 heavy (non-hydrogen) atoms. The van der Waals surface area contributed by atoms with E-state index in [0.717, 1.165) is 6.07 Å². The molecule has 0 amide bonds. The minimum Gasteiger partial charge on any atom is -0.218 e. The fourth-order valence-electron chi connectivity index (χ4n) is 1.11. The molecule has 0 bridgehead atoms. The van der Waals surface area contributed by atoms with E-state index in [1.807, 2.05) is 0 Å². The van der Waals surface area contributed by atoms with Crippen LogP contribution < -0.4 is 0 Å². The van der Waals surface area contributed by atoms with Crippen molar-refractivity contribution in [2.24, 2.45) is 0 Å². The Labute approximate surface area is 92.9 Å². The van der Waals surface area contributed by atoms with E-state index in [2.05, 4.69) is 20.9 Å². The van der Waals surface area contributed by atoms with Crippen LogP contribution in [0.5, 0.6) is 0 Å². The molecule has 0 atom stereocenters. The maximum Gasteiger partial charge on any atom is 0.280 e. The number of hydrogen-bond acceptors (Lipinski definition) is 2. The van der Waals surface area contributed by atoms with Crippen LogP contribution in [0.1, 0.15) is 23.2 Å². The summed E-state index contributed by atoms with van der Waals surface area (Å²) in [5.74, 6) is -0.996. The normalized spacial score (nSPS) is 10.4. The van der Waals surface area contributed by atoms with Gasteiger partial charge in [-0.25, -0.2) is 13.8 Å². The predicted molar refractivity (Wildman–Crippen MR) is 51.1 cm³/mol. The molecule has 0 aliphatic heterocycles. The summed E-state index contributed by atoms with van der Waals surface area (Å²) in [5.41, 5.74) is -0.207. The van der Waals surface area contributed by atoms with Crippen LogP contribution >= 0.6 is 15.9 Å². The van der Waals surface area contributed by atoms with Gasteiger partial charge in [-0.05, 0) is 11.6 Å². The molecule has 1 rings (SSSR count). The van der Waals surface area contributed by atoms with Crippen molar-refractivity contribution in [3.63, 3.8) is 0 Å². The van der Waals surface area contributed by atoms with Gasteiger partial charge in [0, 0.05) is 10.9 Å². The summed E-state index contributed by atoms with van der Waals surface area (Å²) in [6.45, 7) is 0. The van der Waals surface area contributed by atoms with Crippen molar-refractivity contribution in [2.75, 3.05) is 0 Å². The summed E-state index contributed by atoms with van der Waals surface area (Å²) in [7, 11) is 0. The molecular weight excluding hydrogens is 273 g/mol. The second-order valence-corrected chi connectivity index (χ2v) is 3.31. The molecule has 0 aliphatic rings. The fourth-order valence-corrected chi connectivity index (χ4v) is 1.61. The molecule has 0 unspecified atom stereocenters. The summed E-state index contributed by atoms with van der Waals surface area (Å²) < 4.78 is 37.8. The van der Waals surface area contributed by atoms with E-state index in [0.29, 0.717) is 5.56 Å². The zero-order valence-electron chi connectivity index (χ0n) is 7.48. The minimum absolute atomic E-state index is 0.0683. The van der Waals surface area contributed by atoms with Crippen molar-refractivity contribution in [1.29, 1.82) is 5.26 Å². The third-order valence-electron chi connectivity index (χ3n) is 1.81. The molecule has 0 aromatic carbocycles. The Hall–Kier alpha value is -1.09. The standard InChI is InChI=1S/C9H6BrF3N2/c10-4-5-3-7(8(11)12)15-9(13)6(5)1-2-14/h3,8H,1,4H2. The topological polar surface area (TPSA) is 36.7 Å². The van der Waals surface area contributed by atoms with Gasteiger partial charge in [-0.15, -0.1) is 0 Å². The lowest BCUT2D eigenvalue weighted by molar-refractivity contribution is 0.144. The summed E-state index contributed by atoms with van der Waals surface area (Å²) >= 11 is 3.05. The number of nitrogens with zero attached hydrogens (tertiary/aromatic N) is 2. The van der Waals surface area contributed by atoms with Crippen LogP contribution in [-0.4, -0.2) is 4.98 Å². The zero-order chi connectivity index (χ0) is 11.4. The number of halogens is 4. The van der Waals surface area contributed by atoms with E-state index >= 15 is 0 Å². The second kappa shape index (κ2) is 5.12. The van der Waals surface area contributed by atoms with E-state index in [9.17, 15) is 13.2 Å². The van der Waals surface area contributed by atoms with E-state index in [-0.39, 0.29) is 17.3 Å². The lowest BCUT2D eigenvalue weighted by Gasteiger charge is -2.07. The molecule has 0 saturated carbocycles. The Morgan fingerprint density at radius 2 is 2.20 bits per heavy atom. The first-order valence-corrected chi connectivity index (χ1v) is 5.11. The van der Waals surface area contributed by atoms with Gasteiger partial charge in [0.25, 0.3) is 6.43 Å². The van der Waals surface area contributed by atoms with Crippen LogP contribution in [0.4, 0.5) is 13.2 Å². The largest absolute Gasteiger partial charge is 0.280 e. The SMILES string of the molecule is N#CCc1c(CBr)cc(C(F)F)nc1F. The number of alkyl halides is 3. The quantitative estimate of drug-likeness (QED) is 0.629. The Kier molecular flexibility index (Phi) is 4.09.